The summed E-state index contributed by atoms with van der Waals surface area (Å²) in [6, 6.07) is 5.02. The molecule has 0 bridgehead atoms. The van der Waals surface area contributed by atoms with Gasteiger partial charge in [0.15, 0.2) is 0 Å². The van der Waals surface area contributed by atoms with Crippen molar-refractivity contribution in [1.82, 2.24) is 24.5 Å². The third-order valence-corrected chi connectivity index (χ3v) is 6.13. The van der Waals surface area contributed by atoms with Crippen molar-refractivity contribution in [2.45, 2.75) is 25.9 Å². The smallest absolute Gasteiger partial charge is 0.254 e. The molecule has 2 aliphatic rings. The zero-order valence-corrected chi connectivity index (χ0v) is 16.3. The summed E-state index contributed by atoms with van der Waals surface area (Å²) >= 11 is 12.1. The summed E-state index contributed by atoms with van der Waals surface area (Å²) in [6.45, 7) is 2.02. The zero-order valence-electron chi connectivity index (χ0n) is 14.7. The minimum atomic E-state index is -0.0415. The van der Waals surface area contributed by atoms with Crippen molar-refractivity contribution in [3.8, 4) is 11.4 Å². The summed E-state index contributed by atoms with van der Waals surface area (Å²) in [7, 11) is 1.95. The average molecular weight is 402 g/mol. The molecule has 3 aromatic rings. The highest BCUT2D eigenvalue weighted by Gasteiger charge is 2.32. The van der Waals surface area contributed by atoms with Crippen molar-refractivity contribution in [3.63, 3.8) is 0 Å². The maximum absolute atomic E-state index is 13.0. The number of aryl methyl sites for hydroxylation is 3. The van der Waals surface area contributed by atoms with Gasteiger partial charge in [-0.15, -0.1) is 0 Å². The number of benzene rings is 1. The fraction of sp³-hybridized carbons (Fsp3) is 0.316. The van der Waals surface area contributed by atoms with Crippen LogP contribution in [0.1, 0.15) is 27.2 Å². The molecule has 0 fully saturated rings. The molecule has 0 aliphatic carbocycles. The predicted octanol–water partition coefficient (Wildman–Crippen LogP) is 3.35. The van der Waals surface area contributed by atoms with Gasteiger partial charge in [0.2, 0.25) is 0 Å². The minimum Gasteiger partial charge on any atom is -0.334 e. The molecule has 6 nitrogen and oxygen atoms in total. The van der Waals surface area contributed by atoms with E-state index in [1.54, 1.807) is 18.2 Å². The molecule has 0 saturated heterocycles. The zero-order chi connectivity index (χ0) is 18.7. The Kier molecular flexibility index (Phi) is 3.81. The summed E-state index contributed by atoms with van der Waals surface area (Å²) in [4.78, 5) is 14.9. The lowest BCUT2D eigenvalue weighted by molar-refractivity contribution is 0.0734. The van der Waals surface area contributed by atoms with Crippen LogP contribution in [0.4, 0.5) is 0 Å². The maximum Gasteiger partial charge on any atom is 0.254 e. The average Bonchev–Trinajstić information content (AvgIpc) is 3.23. The van der Waals surface area contributed by atoms with Gasteiger partial charge in [-0.2, -0.15) is 10.2 Å². The molecule has 0 atom stereocenters. The Hall–Kier alpha value is -2.31. The molecule has 1 aromatic carbocycles. The van der Waals surface area contributed by atoms with Gasteiger partial charge in [0.05, 0.1) is 39.9 Å². The van der Waals surface area contributed by atoms with Gasteiger partial charge >= 0.3 is 0 Å². The van der Waals surface area contributed by atoms with Gasteiger partial charge in [0.25, 0.3) is 5.91 Å². The van der Waals surface area contributed by atoms with E-state index in [0.29, 0.717) is 28.7 Å². The standard InChI is InChI=1S/C19H17Cl2N5O/c1-24-17-12(9-22-24)4-7-26-18(17)13-10-25(6-5-16(13)23-26)19(27)11-2-3-14(20)15(21)8-11/h2-3,8-9H,4-7,10H2,1H3. The monoisotopic (exact) mass is 401 g/mol. The first-order valence-corrected chi connectivity index (χ1v) is 9.62. The molecule has 4 heterocycles. The number of amides is 1. The van der Waals surface area contributed by atoms with Crippen LogP contribution in [0.25, 0.3) is 11.4 Å². The van der Waals surface area contributed by atoms with E-state index in [4.69, 9.17) is 28.3 Å². The Balaban J connectivity index is 1.52. The Morgan fingerprint density at radius 2 is 1.96 bits per heavy atom. The number of hydrogen-bond donors (Lipinski definition) is 0. The van der Waals surface area contributed by atoms with E-state index in [-0.39, 0.29) is 5.91 Å². The molecule has 0 spiro atoms. The van der Waals surface area contributed by atoms with Crippen molar-refractivity contribution in [1.29, 1.82) is 0 Å². The minimum absolute atomic E-state index is 0.0415. The van der Waals surface area contributed by atoms with Crippen molar-refractivity contribution in [2.24, 2.45) is 7.05 Å². The third kappa shape index (κ3) is 2.58. The van der Waals surface area contributed by atoms with Crippen LogP contribution in [0, 0.1) is 0 Å². The van der Waals surface area contributed by atoms with E-state index in [2.05, 4.69) is 9.78 Å². The van der Waals surface area contributed by atoms with Crippen LogP contribution in [-0.4, -0.2) is 36.9 Å². The van der Waals surface area contributed by atoms with Crippen LogP contribution < -0.4 is 0 Å². The van der Waals surface area contributed by atoms with Crippen LogP contribution in [0.15, 0.2) is 24.4 Å². The molecule has 5 rings (SSSR count). The molecule has 1 amide bonds. The maximum atomic E-state index is 13.0. The molecule has 0 N–H and O–H groups in total. The van der Waals surface area contributed by atoms with Gasteiger partial charge in [-0.1, -0.05) is 23.2 Å². The lowest BCUT2D eigenvalue weighted by atomic mass is 9.99. The third-order valence-electron chi connectivity index (χ3n) is 5.39. The summed E-state index contributed by atoms with van der Waals surface area (Å²) in [6.07, 6.45) is 3.61. The van der Waals surface area contributed by atoms with Crippen LogP contribution in [0.2, 0.25) is 10.0 Å². The second-order valence-corrected chi connectivity index (χ2v) is 7.81. The Morgan fingerprint density at radius 1 is 1.11 bits per heavy atom. The summed E-state index contributed by atoms with van der Waals surface area (Å²) in [5, 5.41) is 10.1. The fourth-order valence-electron chi connectivity index (χ4n) is 4.04. The van der Waals surface area contributed by atoms with E-state index in [1.807, 2.05) is 22.8 Å². The van der Waals surface area contributed by atoms with Crippen LogP contribution in [0.3, 0.4) is 0 Å². The number of halogens is 2. The highest BCUT2D eigenvalue weighted by molar-refractivity contribution is 6.42. The van der Waals surface area contributed by atoms with E-state index in [9.17, 15) is 4.79 Å². The predicted molar refractivity (Wildman–Crippen MR) is 103 cm³/mol. The molecule has 138 valence electrons. The van der Waals surface area contributed by atoms with Crippen LogP contribution in [0.5, 0.6) is 0 Å². The first kappa shape index (κ1) is 16.8. The van der Waals surface area contributed by atoms with Crippen molar-refractivity contribution in [3.05, 3.63) is 56.8 Å². The van der Waals surface area contributed by atoms with Gasteiger partial charge in [0.1, 0.15) is 0 Å². The fourth-order valence-corrected chi connectivity index (χ4v) is 4.33. The first-order valence-electron chi connectivity index (χ1n) is 8.87. The second kappa shape index (κ2) is 6.11. The SMILES string of the molecule is Cn1ncc2c1-c1c3c(nn1CC2)CCN(C(=O)c1ccc(Cl)c(Cl)c1)C3. The largest absolute Gasteiger partial charge is 0.334 e. The lowest BCUT2D eigenvalue weighted by Crippen LogP contribution is -2.36. The first-order chi connectivity index (χ1) is 13.0. The summed E-state index contributed by atoms with van der Waals surface area (Å²) in [5.74, 6) is -0.0415. The highest BCUT2D eigenvalue weighted by Crippen LogP contribution is 2.36. The molecular weight excluding hydrogens is 385 g/mol. The molecular formula is C19H17Cl2N5O. The molecule has 0 radical (unpaired) electrons. The van der Waals surface area contributed by atoms with Gasteiger partial charge in [0, 0.05) is 43.2 Å². The topological polar surface area (TPSA) is 56.0 Å². The lowest BCUT2D eigenvalue weighted by Gasteiger charge is -2.27. The molecule has 2 aliphatic heterocycles. The van der Waals surface area contributed by atoms with E-state index >= 15 is 0 Å². The Bertz CT molecular complexity index is 1080. The molecule has 27 heavy (non-hydrogen) atoms. The van der Waals surface area contributed by atoms with E-state index < -0.39 is 0 Å². The van der Waals surface area contributed by atoms with Crippen molar-refractivity contribution < 1.29 is 4.79 Å². The van der Waals surface area contributed by atoms with Crippen LogP contribution >= 0.6 is 23.2 Å². The van der Waals surface area contributed by atoms with Gasteiger partial charge in [-0.3, -0.25) is 14.2 Å². The quantitative estimate of drug-likeness (QED) is 0.628. The van der Waals surface area contributed by atoms with E-state index in [1.165, 1.54) is 5.56 Å². The van der Waals surface area contributed by atoms with Gasteiger partial charge in [-0.25, -0.2) is 0 Å². The second-order valence-electron chi connectivity index (χ2n) is 6.99. The van der Waals surface area contributed by atoms with Gasteiger partial charge < -0.3 is 4.90 Å². The molecule has 2 aromatic heterocycles. The van der Waals surface area contributed by atoms with Crippen molar-refractivity contribution in [2.75, 3.05) is 6.54 Å². The summed E-state index contributed by atoms with van der Waals surface area (Å²) in [5.41, 5.74) is 6.20. The van der Waals surface area contributed by atoms with E-state index in [0.717, 1.165) is 42.0 Å². The number of carbonyl (C=O) groups is 1. The van der Waals surface area contributed by atoms with Crippen LogP contribution in [-0.2, 0) is 33.0 Å². The highest BCUT2D eigenvalue weighted by atomic mass is 35.5. The Morgan fingerprint density at radius 3 is 2.78 bits per heavy atom. The number of nitrogens with zero attached hydrogens (tertiary/aromatic N) is 5. The number of carbonyl (C=O) groups excluding carboxylic acids is 1. The molecule has 0 unspecified atom stereocenters. The number of fused-ring (bicyclic) bond motifs is 5. The molecule has 0 saturated carbocycles. The number of rotatable bonds is 1. The number of hydrogen-bond acceptors (Lipinski definition) is 3. The Labute approximate surface area is 166 Å². The van der Waals surface area contributed by atoms with Gasteiger partial charge in [-0.05, 0) is 24.6 Å². The summed E-state index contributed by atoms with van der Waals surface area (Å²) < 4.78 is 3.98. The number of aromatic nitrogens is 4. The normalized spacial score (nSPS) is 15.3. The molecule has 8 heteroatoms. The van der Waals surface area contributed by atoms with Crippen molar-refractivity contribution >= 4 is 29.1 Å².